The molecule has 0 saturated heterocycles. The van der Waals surface area contributed by atoms with Crippen molar-refractivity contribution in [3.63, 3.8) is 0 Å². The number of rotatable bonds is 5. The monoisotopic (exact) mass is 344 g/mol. The highest BCUT2D eigenvalue weighted by atomic mass is 35.5. The van der Waals surface area contributed by atoms with Crippen LogP contribution in [0.5, 0.6) is 5.75 Å². The molecule has 0 atom stereocenters. The highest BCUT2D eigenvalue weighted by Crippen LogP contribution is 2.28. The summed E-state index contributed by atoms with van der Waals surface area (Å²) in [6.45, 7) is 0. The summed E-state index contributed by atoms with van der Waals surface area (Å²) < 4.78 is 5.20. The van der Waals surface area contributed by atoms with E-state index in [2.05, 4.69) is 10.6 Å². The van der Waals surface area contributed by atoms with Crippen molar-refractivity contribution in [1.82, 2.24) is 5.32 Å². The second kappa shape index (κ2) is 6.93. The number of hydrogen-bond donors (Lipinski definition) is 2. The molecule has 2 aromatic carbocycles. The number of carbonyl (C=O) groups excluding carboxylic acids is 2. The Morgan fingerprint density at radius 3 is 2.25 bits per heavy atom. The molecule has 3 rings (SSSR count). The van der Waals surface area contributed by atoms with Gasteiger partial charge in [-0.15, -0.1) is 0 Å². The molecule has 0 aromatic heterocycles. The Morgan fingerprint density at radius 1 is 1.04 bits per heavy atom. The number of ether oxygens (including phenoxy) is 1. The number of halogens is 1. The highest BCUT2D eigenvalue weighted by molar-refractivity contribution is 6.31. The molecule has 0 spiro atoms. The van der Waals surface area contributed by atoms with Gasteiger partial charge in [0.15, 0.2) is 0 Å². The van der Waals surface area contributed by atoms with E-state index < -0.39 is 0 Å². The quantitative estimate of drug-likeness (QED) is 0.872. The third kappa shape index (κ3) is 3.86. The lowest BCUT2D eigenvalue weighted by Crippen LogP contribution is -2.25. The molecule has 1 aliphatic carbocycles. The molecule has 1 aliphatic rings. The molecule has 2 aromatic rings. The van der Waals surface area contributed by atoms with Crippen LogP contribution in [0.1, 0.15) is 33.6 Å². The van der Waals surface area contributed by atoms with Crippen LogP contribution in [-0.4, -0.2) is 25.0 Å². The molecule has 1 saturated carbocycles. The molecule has 24 heavy (non-hydrogen) atoms. The second-order valence-corrected chi connectivity index (χ2v) is 6.06. The van der Waals surface area contributed by atoms with E-state index in [1.165, 1.54) is 7.11 Å². The van der Waals surface area contributed by atoms with Gasteiger partial charge in [0.05, 0.1) is 12.8 Å². The summed E-state index contributed by atoms with van der Waals surface area (Å²) >= 11 is 5.95. The maximum Gasteiger partial charge on any atom is 0.255 e. The van der Waals surface area contributed by atoms with Crippen LogP contribution < -0.4 is 15.4 Å². The first kappa shape index (κ1) is 16.3. The van der Waals surface area contributed by atoms with Crippen molar-refractivity contribution in [1.29, 1.82) is 0 Å². The Bertz CT molecular complexity index is 770. The summed E-state index contributed by atoms with van der Waals surface area (Å²) in [7, 11) is 1.52. The van der Waals surface area contributed by atoms with Crippen LogP contribution in [0.25, 0.3) is 0 Å². The summed E-state index contributed by atoms with van der Waals surface area (Å²) in [5, 5.41) is 6.17. The average Bonchev–Trinajstić information content (AvgIpc) is 3.39. The molecule has 0 radical (unpaired) electrons. The summed E-state index contributed by atoms with van der Waals surface area (Å²) in [6.07, 6.45) is 2.07. The van der Waals surface area contributed by atoms with Gasteiger partial charge in [0.1, 0.15) is 5.75 Å². The maximum atomic E-state index is 12.4. The van der Waals surface area contributed by atoms with Crippen LogP contribution in [-0.2, 0) is 0 Å². The SMILES string of the molecule is COc1ccc(Cl)cc1NC(=O)c1ccc(C(=O)NC2CC2)cc1. The molecule has 2 N–H and O–H groups in total. The Kier molecular flexibility index (Phi) is 4.71. The van der Waals surface area contributed by atoms with Crippen LogP contribution in [0.4, 0.5) is 5.69 Å². The van der Waals surface area contributed by atoms with Crippen LogP contribution in [0.15, 0.2) is 42.5 Å². The van der Waals surface area contributed by atoms with Gasteiger partial charge in [0.2, 0.25) is 0 Å². The third-order valence-electron chi connectivity index (χ3n) is 3.73. The Morgan fingerprint density at radius 2 is 1.67 bits per heavy atom. The van der Waals surface area contributed by atoms with Crippen molar-refractivity contribution in [2.24, 2.45) is 0 Å². The topological polar surface area (TPSA) is 67.4 Å². The van der Waals surface area contributed by atoms with Crippen molar-refractivity contribution >= 4 is 29.1 Å². The Balaban J connectivity index is 1.71. The van der Waals surface area contributed by atoms with E-state index in [0.29, 0.717) is 33.6 Å². The highest BCUT2D eigenvalue weighted by Gasteiger charge is 2.23. The standard InChI is InChI=1S/C18H17ClN2O3/c1-24-16-9-6-13(19)10-15(16)21-18(23)12-4-2-11(3-5-12)17(22)20-14-7-8-14/h2-6,9-10,14H,7-8H2,1H3,(H,20,22)(H,21,23). The van der Waals surface area contributed by atoms with Gasteiger partial charge in [-0.2, -0.15) is 0 Å². The summed E-state index contributed by atoms with van der Waals surface area (Å²) in [5.41, 5.74) is 1.48. The van der Waals surface area contributed by atoms with E-state index in [0.717, 1.165) is 12.8 Å². The van der Waals surface area contributed by atoms with E-state index in [1.807, 2.05) is 0 Å². The molecular weight excluding hydrogens is 328 g/mol. The zero-order chi connectivity index (χ0) is 17.1. The Hall–Kier alpha value is -2.53. The van der Waals surface area contributed by atoms with Crippen LogP contribution >= 0.6 is 11.6 Å². The fourth-order valence-corrected chi connectivity index (χ4v) is 2.41. The summed E-state index contributed by atoms with van der Waals surface area (Å²) in [4.78, 5) is 24.3. The molecule has 6 heteroatoms. The number of carbonyl (C=O) groups is 2. The first-order valence-electron chi connectivity index (χ1n) is 7.62. The van der Waals surface area contributed by atoms with E-state index in [-0.39, 0.29) is 11.8 Å². The Labute approximate surface area is 145 Å². The average molecular weight is 345 g/mol. The van der Waals surface area contributed by atoms with E-state index >= 15 is 0 Å². The molecule has 0 unspecified atom stereocenters. The molecule has 0 aliphatic heterocycles. The van der Waals surface area contributed by atoms with E-state index in [9.17, 15) is 9.59 Å². The number of hydrogen-bond acceptors (Lipinski definition) is 3. The molecular formula is C18H17ClN2O3. The lowest BCUT2D eigenvalue weighted by molar-refractivity contribution is 0.0949. The minimum atomic E-state index is -0.301. The normalized spacial score (nSPS) is 13.2. The van der Waals surface area contributed by atoms with Crippen LogP contribution in [0.3, 0.4) is 0 Å². The largest absolute Gasteiger partial charge is 0.495 e. The number of amides is 2. The zero-order valence-corrected chi connectivity index (χ0v) is 13.9. The van der Waals surface area contributed by atoms with Gasteiger partial charge in [-0.25, -0.2) is 0 Å². The van der Waals surface area contributed by atoms with Crippen molar-refractivity contribution < 1.29 is 14.3 Å². The first-order chi connectivity index (χ1) is 11.6. The lowest BCUT2D eigenvalue weighted by Gasteiger charge is -2.11. The van der Waals surface area contributed by atoms with Crippen molar-refractivity contribution in [3.8, 4) is 5.75 Å². The molecule has 2 amide bonds. The van der Waals surface area contributed by atoms with Gasteiger partial charge < -0.3 is 15.4 Å². The van der Waals surface area contributed by atoms with Crippen molar-refractivity contribution in [2.45, 2.75) is 18.9 Å². The van der Waals surface area contributed by atoms with E-state index in [4.69, 9.17) is 16.3 Å². The lowest BCUT2D eigenvalue weighted by atomic mass is 10.1. The second-order valence-electron chi connectivity index (χ2n) is 5.62. The number of benzene rings is 2. The van der Waals surface area contributed by atoms with Crippen molar-refractivity contribution in [2.75, 3.05) is 12.4 Å². The van der Waals surface area contributed by atoms with E-state index in [1.54, 1.807) is 42.5 Å². The van der Waals surface area contributed by atoms with Gasteiger partial charge in [-0.05, 0) is 55.3 Å². The molecule has 0 bridgehead atoms. The fraction of sp³-hybridized carbons (Fsp3) is 0.222. The molecule has 5 nitrogen and oxygen atoms in total. The van der Waals surface area contributed by atoms with Gasteiger partial charge in [-0.1, -0.05) is 11.6 Å². The maximum absolute atomic E-state index is 12.4. The zero-order valence-electron chi connectivity index (χ0n) is 13.1. The molecule has 124 valence electrons. The van der Waals surface area contributed by atoms with Crippen LogP contribution in [0, 0.1) is 0 Å². The number of methoxy groups -OCH3 is 1. The minimum Gasteiger partial charge on any atom is -0.495 e. The predicted octanol–water partition coefficient (Wildman–Crippen LogP) is 3.49. The van der Waals surface area contributed by atoms with Gasteiger partial charge in [0.25, 0.3) is 11.8 Å². The summed E-state index contributed by atoms with van der Waals surface area (Å²) in [5.74, 6) is 0.110. The third-order valence-corrected chi connectivity index (χ3v) is 3.97. The van der Waals surface area contributed by atoms with Crippen LogP contribution in [0.2, 0.25) is 5.02 Å². The first-order valence-corrected chi connectivity index (χ1v) is 8.00. The number of anilines is 1. The predicted molar refractivity (Wildman–Crippen MR) is 92.9 cm³/mol. The van der Waals surface area contributed by atoms with Gasteiger partial charge in [0, 0.05) is 22.2 Å². The molecule has 0 heterocycles. The smallest absolute Gasteiger partial charge is 0.255 e. The van der Waals surface area contributed by atoms with Gasteiger partial charge >= 0.3 is 0 Å². The minimum absolute atomic E-state index is 0.110. The van der Waals surface area contributed by atoms with Crippen molar-refractivity contribution in [3.05, 3.63) is 58.6 Å². The fourth-order valence-electron chi connectivity index (χ4n) is 2.24. The number of nitrogens with one attached hydrogen (secondary N) is 2. The molecule has 1 fully saturated rings. The summed E-state index contributed by atoms with van der Waals surface area (Å²) in [6, 6.07) is 11.8. The van der Waals surface area contributed by atoms with Gasteiger partial charge in [-0.3, -0.25) is 9.59 Å².